The van der Waals surface area contributed by atoms with E-state index in [-0.39, 0.29) is 0 Å². The van der Waals surface area contributed by atoms with Crippen LogP contribution in [0.25, 0.3) is 59.4 Å². The van der Waals surface area contributed by atoms with Gasteiger partial charge >= 0.3 is 0 Å². The van der Waals surface area contributed by atoms with Crippen molar-refractivity contribution in [2.45, 2.75) is 0 Å². The standard InChI is InChI=1S/C53H33N5/c1-55-46-34-41(37-15-7-3-8-16-37)25-31-50(46)58(51-19-11-12-32-56-51)49-30-23-39-20-26-44-48(29-22-38-21-27-45(49)53(39)52(38)44)57(43-17-9-4-10-18-43)47-28-24-40(33-42(47)35-54)36-13-5-2-6-14-36/h2-34H. The van der Waals surface area contributed by atoms with Gasteiger partial charge in [-0.15, -0.1) is 0 Å². The van der Waals surface area contributed by atoms with Crippen LogP contribution in [0.3, 0.4) is 0 Å². The highest BCUT2D eigenvalue weighted by Crippen LogP contribution is 2.49. The van der Waals surface area contributed by atoms with Crippen LogP contribution in [-0.4, -0.2) is 4.98 Å². The van der Waals surface area contributed by atoms with Crippen LogP contribution in [0.2, 0.25) is 0 Å². The molecule has 5 nitrogen and oxygen atoms in total. The molecule has 270 valence electrons. The van der Waals surface area contributed by atoms with Gasteiger partial charge in [0.1, 0.15) is 11.9 Å². The number of nitriles is 1. The summed E-state index contributed by atoms with van der Waals surface area (Å²) in [6.07, 6.45) is 1.79. The highest BCUT2D eigenvalue weighted by molar-refractivity contribution is 6.28. The van der Waals surface area contributed by atoms with Gasteiger partial charge in [-0.25, -0.2) is 9.83 Å². The maximum Gasteiger partial charge on any atom is 0.211 e. The summed E-state index contributed by atoms with van der Waals surface area (Å²) in [5, 5.41) is 17.2. The van der Waals surface area contributed by atoms with E-state index in [1.165, 1.54) is 0 Å². The maximum absolute atomic E-state index is 10.6. The summed E-state index contributed by atoms with van der Waals surface area (Å²) in [6.45, 7) is 8.34. The molecule has 0 amide bonds. The lowest BCUT2D eigenvalue weighted by molar-refractivity contribution is 1.19. The number of benzene rings is 9. The third-order valence-electron chi connectivity index (χ3n) is 10.9. The number of rotatable bonds is 8. The molecule has 5 heteroatoms. The van der Waals surface area contributed by atoms with Crippen molar-refractivity contribution >= 4 is 72.3 Å². The topological polar surface area (TPSA) is 47.5 Å². The van der Waals surface area contributed by atoms with E-state index in [4.69, 9.17) is 11.6 Å². The van der Waals surface area contributed by atoms with Crippen molar-refractivity contribution in [2.75, 3.05) is 9.80 Å². The minimum atomic E-state index is 0.532. The maximum atomic E-state index is 10.6. The van der Waals surface area contributed by atoms with E-state index < -0.39 is 0 Å². The number of anilines is 6. The number of para-hydroxylation sites is 1. The molecule has 0 unspecified atom stereocenters. The fourth-order valence-corrected chi connectivity index (χ4v) is 8.25. The van der Waals surface area contributed by atoms with Crippen LogP contribution in [0.1, 0.15) is 5.56 Å². The summed E-state index contributed by atoms with van der Waals surface area (Å²) in [7, 11) is 0. The second-order valence-corrected chi connectivity index (χ2v) is 14.2. The zero-order valence-electron chi connectivity index (χ0n) is 31.3. The van der Waals surface area contributed by atoms with Gasteiger partial charge in [-0.2, -0.15) is 5.26 Å². The number of hydrogen-bond donors (Lipinski definition) is 0. The molecular formula is C53H33N5. The van der Waals surface area contributed by atoms with Gasteiger partial charge < -0.3 is 9.80 Å². The van der Waals surface area contributed by atoms with Crippen molar-refractivity contribution in [1.82, 2.24) is 4.98 Å². The molecule has 10 rings (SSSR count). The first-order valence-corrected chi connectivity index (χ1v) is 19.1. The Balaban J connectivity index is 1.19. The Labute approximate surface area is 336 Å². The second-order valence-electron chi connectivity index (χ2n) is 14.2. The molecule has 10 aromatic rings. The Bertz CT molecular complexity index is 2970. The Morgan fingerprint density at radius 1 is 0.466 bits per heavy atom. The third kappa shape index (κ3) is 5.83. The van der Waals surface area contributed by atoms with E-state index >= 15 is 0 Å². The van der Waals surface area contributed by atoms with Crippen LogP contribution in [-0.2, 0) is 0 Å². The Morgan fingerprint density at radius 3 is 1.55 bits per heavy atom. The Hall–Kier alpha value is -8.25. The van der Waals surface area contributed by atoms with E-state index in [9.17, 15) is 5.26 Å². The highest BCUT2D eigenvalue weighted by Gasteiger charge is 2.24. The zero-order valence-corrected chi connectivity index (χ0v) is 31.3. The molecule has 0 spiro atoms. The molecule has 58 heavy (non-hydrogen) atoms. The smallest absolute Gasteiger partial charge is 0.211 e. The quantitative estimate of drug-likeness (QED) is 0.115. The molecule has 0 saturated heterocycles. The molecule has 0 fully saturated rings. The van der Waals surface area contributed by atoms with Crippen molar-refractivity contribution in [1.29, 1.82) is 5.26 Å². The zero-order chi connectivity index (χ0) is 39.0. The molecule has 1 heterocycles. The molecule has 0 saturated carbocycles. The normalized spacial score (nSPS) is 11.1. The molecule has 9 aromatic carbocycles. The second kappa shape index (κ2) is 14.4. The first-order valence-electron chi connectivity index (χ1n) is 19.1. The van der Waals surface area contributed by atoms with Crippen LogP contribution in [0, 0.1) is 17.9 Å². The average Bonchev–Trinajstić information content (AvgIpc) is 3.30. The Morgan fingerprint density at radius 2 is 0.983 bits per heavy atom. The molecule has 0 bridgehead atoms. The van der Waals surface area contributed by atoms with Crippen LogP contribution < -0.4 is 9.80 Å². The lowest BCUT2D eigenvalue weighted by atomic mass is 9.91. The van der Waals surface area contributed by atoms with Crippen molar-refractivity contribution in [2.24, 2.45) is 0 Å². The number of hydrogen-bond acceptors (Lipinski definition) is 4. The molecular weight excluding hydrogens is 707 g/mol. The van der Waals surface area contributed by atoms with Crippen molar-refractivity contribution in [3.63, 3.8) is 0 Å². The van der Waals surface area contributed by atoms with Gasteiger partial charge in [0.05, 0.1) is 34.9 Å². The average molecular weight is 740 g/mol. The number of nitrogens with zero attached hydrogens (tertiary/aromatic N) is 5. The predicted octanol–water partition coefficient (Wildman–Crippen LogP) is 14.7. The van der Waals surface area contributed by atoms with Gasteiger partial charge in [-0.05, 0) is 104 Å². The SMILES string of the molecule is [C-]#[N+]c1cc(-c2ccccc2)ccc1N(c1ccccn1)c1ccc2ccc3c(N(c4ccccc4)c4ccc(-c5ccccc5)cc4C#N)ccc4ccc1c2c43. The minimum Gasteiger partial charge on any atom is -0.309 e. The van der Waals surface area contributed by atoms with E-state index in [2.05, 4.69) is 124 Å². The molecule has 0 N–H and O–H groups in total. The lowest BCUT2D eigenvalue weighted by Gasteiger charge is -2.30. The van der Waals surface area contributed by atoms with Gasteiger partial charge in [-0.1, -0.05) is 133 Å². The highest BCUT2D eigenvalue weighted by atomic mass is 15.2. The third-order valence-corrected chi connectivity index (χ3v) is 10.9. The summed E-state index contributed by atoms with van der Waals surface area (Å²) in [6, 6.07) is 68.6. The fourth-order valence-electron chi connectivity index (χ4n) is 8.25. The van der Waals surface area contributed by atoms with Crippen LogP contribution in [0.15, 0.2) is 200 Å². The van der Waals surface area contributed by atoms with Crippen LogP contribution >= 0.6 is 0 Å². The van der Waals surface area contributed by atoms with Crippen LogP contribution in [0.4, 0.5) is 39.9 Å². The van der Waals surface area contributed by atoms with Gasteiger partial charge in [0, 0.05) is 22.7 Å². The van der Waals surface area contributed by atoms with Gasteiger partial charge in [0.2, 0.25) is 5.69 Å². The van der Waals surface area contributed by atoms with Crippen LogP contribution in [0.5, 0.6) is 0 Å². The molecule has 1 aromatic heterocycles. The monoisotopic (exact) mass is 739 g/mol. The van der Waals surface area contributed by atoms with E-state index in [0.29, 0.717) is 17.1 Å². The number of pyridine rings is 1. The van der Waals surface area contributed by atoms with Crippen molar-refractivity contribution < 1.29 is 0 Å². The van der Waals surface area contributed by atoms with Gasteiger partial charge in [0.25, 0.3) is 0 Å². The fraction of sp³-hybridized carbons (Fsp3) is 0. The summed E-state index contributed by atoms with van der Waals surface area (Å²) < 4.78 is 0. The summed E-state index contributed by atoms with van der Waals surface area (Å²) in [5.74, 6) is 0.716. The van der Waals surface area contributed by atoms with Crippen molar-refractivity contribution in [3.8, 4) is 28.3 Å². The van der Waals surface area contributed by atoms with E-state index in [1.54, 1.807) is 6.20 Å². The molecule has 0 atom stereocenters. The van der Waals surface area contributed by atoms with E-state index in [1.807, 2.05) is 91.0 Å². The van der Waals surface area contributed by atoms with Gasteiger partial charge in [0.15, 0.2) is 0 Å². The largest absolute Gasteiger partial charge is 0.309 e. The van der Waals surface area contributed by atoms with E-state index in [0.717, 1.165) is 83.0 Å². The summed E-state index contributed by atoms with van der Waals surface area (Å²) in [5.41, 5.74) is 9.60. The first-order chi connectivity index (χ1) is 28.7. The summed E-state index contributed by atoms with van der Waals surface area (Å²) in [4.78, 5) is 13.2. The van der Waals surface area contributed by atoms with Gasteiger partial charge in [-0.3, -0.25) is 0 Å². The lowest BCUT2D eigenvalue weighted by Crippen LogP contribution is -2.13. The summed E-state index contributed by atoms with van der Waals surface area (Å²) >= 11 is 0. The predicted molar refractivity (Wildman–Crippen MR) is 239 cm³/mol. The molecule has 0 aliphatic carbocycles. The molecule has 0 aliphatic heterocycles. The molecule has 0 radical (unpaired) electrons. The number of aromatic nitrogens is 1. The van der Waals surface area contributed by atoms with Crippen molar-refractivity contribution in [3.05, 3.63) is 217 Å². The first kappa shape index (κ1) is 34.3. The molecule has 0 aliphatic rings. The minimum absolute atomic E-state index is 0.532. The Kier molecular flexibility index (Phi) is 8.53.